The number of hydrogen-bond acceptors (Lipinski definition) is 4. The number of carbonyl (C=O) groups excluding carboxylic acids is 2. The molecule has 0 radical (unpaired) electrons. The minimum atomic E-state index is -0.576. The molecule has 2 rings (SSSR count). The Labute approximate surface area is 129 Å². The summed E-state index contributed by atoms with van der Waals surface area (Å²) in [7, 11) is 0. The number of aromatic amines is 1. The van der Waals surface area contributed by atoms with E-state index in [2.05, 4.69) is 4.98 Å². The number of esters is 2. The van der Waals surface area contributed by atoms with Crippen LogP contribution in [0.15, 0.2) is 30.5 Å². The molecule has 0 aliphatic rings. The number of para-hydroxylation sites is 1. The lowest BCUT2D eigenvalue weighted by molar-refractivity contribution is -0.166. The number of nitrogens with one attached hydrogen (secondary N) is 1. The smallest absolute Gasteiger partial charge is 0.344 e. The Bertz CT molecular complexity index is 667. The SMILES string of the molecule is CC(C)(C)OC(=O)COC(=O)CCc1c[nH]c2ccccc12. The lowest BCUT2D eigenvalue weighted by Crippen LogP contribution is -2.27. The van der Waals surface area contributed by atoms with Crippen LogP contribution in [0.1, 0.15) is 32.8 Å². The van der Waals surface area contributed by atoms with Crippen molar-refractivity contribution in [2.45, 2.75) is 39.2 Å². The molecule has 0 aliphatic heterocycles. The number of rotatable bonds is 5. The van der Waals surface area contributed by atoms with Crippen LogP contribution in [0, 0.1) is 0 Å². The number of aromatic nitrogens is 1. The summed E-state index contributed by atoms with van der Waals surface area (Å²) in [5.74, 6) is -0.941. The Morgan fingerprint density at radius 1 is 1.14 bits per heavy atom. The maximum absolute atomic E-state index is 11.7. The number of fused-ring (bicyclic) bond motifs is 1. The third-order valence-corrected chi connectivity index (χ3v) is 3.04. The van der Waals surface area contributed by atoms with Crippen LogP contribution in [0.2, 0.25) is 0 Å². The van der Waals surface area contributed by atoms with Crippen LogP contribution in [-0.2, 0) is 25.5 Å². The average Bonchev–Trinajstić information content (AvgIpc) is 2.84. The van der Waals surface area contributed by atoms with Gasteiger partial charge in [-0.05, 0) is 38.8 Å². The van der Waals surface area contributed by atoms with Crippen molar-refractivity contribution in [3.05, 3.63) is 36.0 Å². The molecule has 0 fully saturated rings. The van der Waals surface area contributed by atoms with Crippen molar-refractivity contribution in [1.82, 2.24) is 4.98 Å². The van der Waals surface area contributed by atoms with Crippen LogP contribution in [0.4, 0.5) is 0 Å². The van der Waals surface area contributed by atoms with Gasteiger partial charge in [-0.2, -0.15) is 0 Å². The highest BCUT2D eigenvalue weighted by atomic mass is 16.6. The lowest BCUT2D eigenvalue weighted by Gasteiger charge is -2.19. The quantitative estimate of drug-likeness (QED) is 0.862. The van der Waals surface area contributed by atoms with E-state index in [-0.39, 0.29) is 13.0 Å². The second-order valence-electron chi connectivity index (χ2n) is 6.11. The predicted molar refractivity (Wildman–Crippen MR) is 83.4 cm³/mol. The molecule has 0 bridgehead atoms. The molecule has 1 N–H and O–H groups in total. The van der Waals surface area contributed by atoms with Crippen molar-refractivity contribution in [3.8, 4) is 0 Å². The summed E-state index contributed by atoms with van der Waals surface area (Å²) in [4.78, 5) is 26.3. The molecule has 2 aromatic rings. The fourth-order valence-corrected chi connectivity index (χ4v) is 2.16. The first-order valence-electron chi connectivity index (χ1n) is 7.27. The molecule has 118 valence electrons. The van der Waals surface area contributed by atoms with E-state index in [4.69, 9.17) is 9.47 Å². The summed E-state index contributed by atoms with van der Waals surface area (Å²) in [6, 6.07) is 7.91. The van der Waals surface area contributed by atoms with Gasteiger partial charge in [0.2, 0.25) is 0 Å². The lowest BCUT2D eigenvalue weighted by atomic mass is 10.1. The molecule has 0 amide bonds. The Kier molecular flexibility index (Phi) is 4.85. The van der Waals surface area contributed by atoms with E-state index in [1.54, 1.807) is 20.8 Å². The number of benzene rings is 1. The topological polar surface area (TPSA) is 68.4 Å². The summed E-state index contributed by atoms with van der Waals surface area (Å²) in [5, 5.41) is 1.10. The van der Waals surface area contributed by atoms with E-state index in [0.717, 1.165) is 16.5 Å². The zero-order chi connectivity index (χ0) is 16.2. The minimum Gasteiger partial charge on any atom is -0.457 e. The van der Waals surface area contributed by atoms with Gasteiger partial charge < -0.3 is 14.5 Å². The van der Waals surface area contributed by atoms with Crippen LogP contribution in [0.3, 0.4) is 0 Å². The summed E-state index contributed by atoms with van der Waals surface area (Å²) < 4.78 is 10.0. The van der Waals surface area contributed by atoms with Crippen molar-refractivity contribution >= 4 is 22.8 Å². The van der Waals surface area contributed by atoms with Gasteiger partial charge in [0.05, 0.1) is 0 Å². The fraction of sp³-hybridized carbons (Fsp3) is 0.412. The van der Waals surface area contributed by atoms with Crippen LogP contribution in [-0.4, -0.2) is 29.1 Å². The van der Waals surface area contributed by atoms with Gasteiger partial charge in [-0.25, -0.2) is 4.79 Å². The molecule has 22 heavy (non-hydrogen) atoms. The largest absolute Gasteiger partial charge is 0.457 e. The summed E-state index contributed by atoms with van der Waals surface area (Å²) in [6.45, 7) is 4.96. The second-order valence-corrected chi connectivity index (χ2v) is 6.11. The molecular weight excluding hydrogens is 282 g/mol. The van der Waals surface area contributed by atoms with Crippen LogP contribution in [0.25, 0.3) is 10.9 Å². The van der Waals surface area contributed by atoms with E-state index in [0.29, 0.717) is 6.42 Å². The van der Waals surface area contributed by atoms with Crippen LogP contribution < -0.4 is 0 Å². The summed E-state index contributed by atoms with van der Waals surface area (Å²) in [6.07, 6.45) is 2.69. The van der Waals surface area contributed by atoms with Gasteiger partial charge in [0.25, 0.3) is 0 Å². The Morgan fingerprint density at radius 2 is 1.86 bits per heavy atom. The molecular formula is C17H21NO4. The van der Waals surface area contributed by atoms with Crippen molar-refractivity contribution < 1.29 is 19.1 Å². The highest BCUT2D eigenvalue weighted by Gasteiger charge is 2.17. The number of carbonyl (C=O) groups is 2. The first kappa shape index (κ1) is 16.1. The molecule has 0 aliphatic carbocycles. The molecule has 1 heterocycles. The third kappa shape index (κ3) is 4.62. The maximum atomic E-state index is 11.7. The zero-order valence-corrected chi connectivity index (χ0v) is 13.1. The first-order chi connectivity index (χ1) is 10.3. The zero-order valence-electron chi connectivity index (χ0n) is 13.1. The van der Waals surface area contributed by atoms with Gasteiger partial charge in [0.1, 0.15) is 5.60 Å². The number of aryl methyl sites for hydroxylation is 1. The van der Waals surface area contributed by atoms with Crippen LogP contribution >= 0.6 is 0 Å². The van der Waals surface area contributed by atoms with Gasteiger partial charge >= 0.3 is 11.9 Å². The van der Waals surface area contributed by atoms with Crippen molar-refractivity contribution in [2.75, 3.05) is 6.61 Å². The highest BCUT2D eigenvalue weighted by Crippen LogP contribution is 2.19. The van der Waals surface area contributed by atoms with Gasteiger partial charge in [0.15, 0.2) is 6.61 Å². The van der Waals surface area contributed by atoms with E-state index in [1.807, 2.05) is 30.5 Å². The Hall–Kier alpha value is -2.30. The third-order valence-electron chi connectivity index (χ3n) is 3.04. The van der Waals surface area contributed by atoms with Gasteiger partial charge in [0, 0.05) is 23.5 Å². The molecule has 5 nitrogen and oxygen atoms in total. The van der Waals surface area contributed by atoms with E-state index >= 15 is 0 Å². The van der Waals surface area contributed by atoms with Crippen molar-refractivity contribution in [3.63, 3.8) is 0 Å². The number of H-pyrrole nitrogens is 1. The van der Waals surface area contributed by atoms with Gasteiger partial charge in [-0.15, -0.1) is 0 Å². The van der Waals surface area contributed by atoms with E-state index in [1.165, 1.54) is 0 Å². The molecule has 0 unspecified atom stereocenters. The molecule has 0 saturated carbocycles. The predicted octanol–water partition coefficient (Wildman–Crippen LogP) is 2.99. The number of hydrogen-bond donors (Lipinski definition) is 1. The second kappa shape index (κ2) is 6.64. The fourth-order valence-electron chi connectivity index (χ4n) is 2.16. The average molecular weight is 303 g/mol. The molecule has 0 spiro atoms. The maximum Gasteiger partial charge on any atom is 0.344 e. The monoisotopic (exact) mass is 303 g/mol. The first-order valence-corrected chi connectivity index (χ1v) is 7.27. The van der Waals surface area contributed by atoms with Gasteiger partial charge in [-0.3, -0.25) is 4.79 Å². The highest BCUT2D eigenvalue weighted by molar-refractivity contribution is 5.83. The normalized spacial score (nSPS) is 11.4. The summed E-state index contributed by atoms with van der Waals surface area (Å²) in [5.41, 5.74) is 1.53. The molecule has 5 heteroatoms. The Balaban J connectivity index is 1.80. The van der Waals surface area contributed by atoms with Crippen LogP contribution in [0.5, 0.6) is 0 Å². The minimum absolute atomic E-state index is 0.227. The Morgan fingerprint density at radius 3 is 2.59 bits per heavy atom. The van der Waals surface area contributed by atoms with Gasteiger partial charge in [-0.1, -0.05) is 18.2 Å². The molecule has 1 aromatic carbocycles. The van der Waals surface area contributed by atoms with Crippen molar-refractivity contribution in [2.24, 2.45) is 0 Å². The van der Waals surface area contributed by atoms with E-state index in [9.17, 15) is 9.59 Å². The standard InChI is InChI=1S/C17H21NO4/c1-17(2,3)22-16(20)11-21-15(19)9-8-12-10-18-14-7-5-4-6-13(12)14/h4-7,10,18H,8-9,11H2,1-3H3. The summed E-state index contributed by atoms with van der Waals surface area (Å²) >= 11 is 0. The molecule has 1 aromatic heterocycles. The number of ether oxygens (including phenoxy) is 2. The molecule has 0 saturated heterocycles. The van der Waals surface area contributed by atoms with E-state index < -0.39 is 17.5 Å². The van der Waals surface area contributed by atoms with Crippen molar-refractivity contribution in [1.29, 1.82) is 0 Å². The molecule has 0 atom stereocenters.